The standard InChI is InChI=1S/C15H17N5O2S/c16-12(21)10-6-8-20(9-7-10)15(22)17-14-19-18-13(23-14)11-4-2-1-3-5-11/h1-5,10H,6-9H2,(H2,16,21)(H,17,19,22). The fourth-order valence-electron chi connectivity index (χ4n) is 2.51. The van der Waals surface area contributed by atoms with E-state index < -0.39 is 0 Å². The van der Waals surface area contributed by atoms with Crippen LogP contribution in [0, 0.1) is 5.92 Å². The first-order valence-electron chi connectivity index (χ1n) is 7.37. The first-order chi connectivity index (χ1) is 11.1. The number of nitrogens with zero attached hydrogens (tertiary/aromatic N) is 3. The molecule has 0 unspecified atom stereocenters. The molecule has 1 saturated heterocycles. The third-order valence-electron chi connectivity index (χ3n) is 3.84. The zero-order valence-corrected chi connectivity index (χ0v) is 13.3. The number of benzene rings is 1. The molecule has 3 N–H and O–H groups in total. The highest BCUT2D eigenvalue weighted by molar-refractivity contribution is 7.18. The minimum Gasteiger partial charge on any atom is -0.369 e. The maximum atomic E-state index is 12.2. The molecule has 3 rings (SSSR count). The first-order valence-corrected chi connectivity index (χ1v) is 8.19. The molecule has 0 saturated carbocycles. The second kappa shape index (κ2) is 6.74. The van der Waals surface area contributed by atoms with E-state index in [1.54, 1.807) is 4.90 Å². The maximum Gasteiger partial charge on any atom is 0.323 e. The summed E-state index contributed by atoms with van der Waals surface area (Å²) in [6.07, 6.45) is 1.21. The van der Waals surface area contributed by atoms with E-state index in [-0.39, 0.29) is 17.9 Å². The molecule has 2 heterocycles. The number of hydrogen-bond acceptors (Lipinski definition) is 5. The molecule has 0 radical (unpaired) electrons. The van der Waals surface area contributed by atoms with Gasteiger partial charge in [-0.1, -0.05) is 41.7 Å². The predicted molar refractivity (Wildman–Crippen MR) is 87.9 cm³/mol. The van der Waals surface area contributed by atoms with Crippen LogP contribution in [0.4, 0.5) is 9.93 Å². The summed E-state index contributed by atoms with van der Waals surface area (Å²) in [6.45, 7) is 1.04. The second-order valence-electron chi connectivity index (χ2n) is 5.37. The number of piperidine rings is 1. The summed E-state index contributed by atoms with van der Waals surface area (Å²) in [4.78, 5) is 25.0. The zero-order chi connectivity index (χ0) is 16.2. The maximum absolute atomic E-state index is 12.2. The van der Waals surface area contributed by atoms with Crippen molar-refractivity contribution >= 4 is 28.4 Å². The molecule has 0 spiro atoms. The van der Waals surface area contributed by atoms with Crippen LogP contribution in [0.3, 0.4) is 0 Å². The highest BCUT2D eigenvalue weighted by atomic mass is 32.1. The molecular weight excluding hydrogens is 314 g/mol. The Morgan fingerprint density at radius 3 is 2.52 bits per heavy atom. The highest BCUT2D eigenvalue weighted by Crippen LogP contribution is 2.26. The lowest BCUT2D eigenvalue weighted by atomic mass is 9.96. The number of primary amides is 1. The van der Waals surface area contributed by atoms with Gasteiger partial charge in [-0.05, 0) is 12.8 Å². The summed E-state index contributed by atoms with van der Waals surface area (Å²) in [5.74, 6) is -0.424. The number of likely N-dealkylation sites (tertiary alicyclic amines) is 1. The van der Waals surface area contributed by atoms with Gasteiger partial charge in [-0.3, -0.25) is 10.1 Å². The van der Waals surface area contributed by atoms with Crippen LogP contribution in [0.2, 0.25) is 0 Å². The molecule has 120 valence electrons. The Morgan fingerprint density at radius 1 is 1.17 bits per heavy atom. The quantitative estimate of drug-likeness (QED) is 0.897. The molecule has 8 heteroatoms. The van der Waals surface area contributed by atoms with E-state index in [0.29, 0.717) is 31.1 Å². The molecule has 1 aromatic carbocycles. The lowest BCUT2D eigenvalue weighted by Crippen LogP contribution is -2.43. The van der Waals surface area contributed by atoms with Gasteiger partial charge in [-0.15, -0.1) is 10.2 Å². The van der Waals surface area contributed by atoms with Crippen molar-refractivity contribution < 1.29 is 9.59 Å². The van der Waals surface area contributed by atoms with Crippen molar-refractivity contribution in [2.45, 2.75) is 12.8 Å². The van der Waals surface area contributed by atoms with E-state index in [4.69, 9.17) is 5.73 Å². The topological polar surface area (TPSA) is 101 Å². The van der Waals surface area contributed by atoms with E-state index in [1.165, 1.54) is 11.3 Å². The van der Waals surface area contributed by atoms with Crippen LogP contribution in [0.5, 0.6) is 0 Å². The molecule has 1 fully saturated rings. The molecule has 1 aromatic heterocycles. The fourth-order valence-corrected chi connectivity index (χ4v) is 3.25. The van der Waals surface area contributed by atoms with Crippen molar-refractivity contribution in [2.24, 2.45) is 11.7 Å². The molecule has 7 nitrogen and oxygen atoms in total. The number of rotatable bonds is 3. The Morgan fingerprint density at radius 2 is 1.87 bits per heavy atom. The monoisotopic (exact) mass is 331 g/mol. The van der Waals surface area contributed by atoms with Gasteiger partial charge >= 0.3 is 6.03 Å². The fraction of sp³-hybridized carbons (Fsp3) is 0.333. The van der Waals surface area contributed by atoms with E-state index in [0.717, 1.165) is 10.6 Å². The molecule has 0 bridgehead atoms. The van der Waals surface area contributed by atoms with Crippen LogP contribution in [0.25, 0.3) is 10.6 Å². The van der Waals surface area contributed by atoms with Gasteiger partial charge in [0.1, 0.15) is 5.01 Å². The van der Waals surface area contributed by atoms with Crippen molar-refractivity contribution in [1.29, 1.82) is 0 Å². The van der Waals surface area contributed by atoms with Gasteiger partial charge in [-0.2, -0.15) is 0 Å². The summed E-state index contributed by atoms with van der Waals surface area (Å²) in [7, 11) is 0. The highest BCUT2D eigenvalue weighted by Gasteiger charge is 2.26. The van der Waals surface area contributed by atoms with Crippen molar-refractivity contribution in [3.05, 3.63) is 30.3 Å². The van der Waals surface area contributed by atoms with Crippen LogP contribution < -0.4 is 11.1 Å². The largest absolute Gasteiger partial charge is 0.369 e. The van der Waals surface area contributed by atoms with Gasteiger partial charge in [0.2, 0.25) is 11.0 Å². The van der Waals surface area contributed by atoms with Gasteiger partial charge in [-0.25, -0.2) is 4.79 Å². The number of nitrogens with two attached hydrogens (primary N) is 1. The lowest BCUT2D eigenvalue weighted by molar-refractivity contribution is -0.122. The summed E-state index contributed by atoms with van der Waals surface area (Å²) in [5, 5.41) is 12.1. The summed E-state index contributed by atoms with van der Waals surface area (Å²) >= 11 is 1.33. The summed E-state index contributed by atoms with van der Waals surface area (Å²) in [5.41, 5.74) is 6.26. The number of carbonyl (C=O) groups excluding carboxylic acids is 2. The number of anilines is 1. The normalized spacial score (nSPS) is 15.4. The van der Waals surface area contributed by atoms with Gasteiger partial charge < -0.3 is 10.6 Å². The Bertz CT molecular complexity index is 695. The van der Waals surface area contributed by atoms with Crippen LogP contribution in [0.15, 0.2) is 30.3 Å². The Balaban J connectivity index is 1.59. The van der Waals surface area contributed by atoms with Gasteiger partial charge in [0, 0.05) is 24.6 Å². The number of amides is 3. The SMILES string of the molecule is NC(=O)C1CCN(C(=O)Nc2nnc(-c3ccccc3)s2)CC1. The molecule has 0 atom stereocenters. The lowest BCUT2D eigenvalue weighted by Gasteiger charge is -2.30. The van der Waals surface area contributed by atoms with Crippen molar-refractivity contribution in [1.82, 2.24) is 15.1 Å². The van der Waals surface area contributed by atoms with Crippen molar-refractivity contribution in [2.75, 3.05) is 18.4 Å². The molecule has 23 heavy (non-hydrogen) atoms. The number of urea groups is 1. The summed E-state index contributed by atoms with van der Waals surface area (Å²) < 4.78 is 0. The van der Waals surface area contributed by atoms with Crippen LogP contribution in [-0.2, 0) is 4.79 Å². The van der Waals surface area contributed by atoms with Gasteiger partial charge in [0.15, 0.2) is 0 Å². The molecule has 1 aliphatic rings. The van der Waals surface area contributed by atoms with Crippen LogP contribution in [0.1, 0.15) is 12.8 Å². The second-order valence-corrected chi connectivity index (χ2v) is 6.35. The van der Waals surface area contributed by atoms with Gasteiger partial charge in [0.25, 0.3) is 0 Å². The van der Waals surface area contributed by atoms with E-state index in [1.807, 2.05) is 30.3 Å². The summed E-state index contributed by atoms with van der Waals surface area (Å²) in [6, 6.07) is 9.46. The van der Waals surface area contributed by atoms with Crippen molar-refractivity contribution in [3.63, 3.8) is 0 Å². The minimum atomic E-state index is -0.290. The van der Waals surface area contributed by atoms with E-state index in [2.05, 4.69) is 15.5 Å². The first kappa shape index (κ1) is 15.4. The number of hydrogen-bond donors (Lipinski definition) is 2. The average molecular weight is 331 g/mol. The minimum absolute atomic E-state index is 0.134. The zero-order valence-electron chi connectivity index (χ0n) is 12.4. The Kier molecular flexibility index (Phi) is 4.52. The third kappa shape index (κ3) is 3.65. The molecule has 1 aliphatic heterocycles. The Hall–Kier alpha value is -2.48. The van der Waals surface area contributed by atoms with Crippen LogP contribution >= 0.6 is 11.3 Å². The number of aromatic nitrogens is 2. The predicted octanol–water partition coefficient (Wildman–Crippen LogP) is 1.93. The smallest absolute Gasteiger partial charge is 0.323 e. The van der Waals surface area contributed by atoms with Crippen molar-refractivity contribution in [3.8, 4) is 10.6 Å². The number of carbonyl (C=O) groups is 2. The number of nitrogens with one attached hydrogen (secondary N) is 1. The Labute approximate surface area is 137 Å². The molecular formula is C15H17N5O2S. The van der Waals surface area contributed by atoms with E-state index in [9.17, 15) is 9.59 Å². The third-order valence-corrected chi connectivity index (χ3v) is 4.73. The molecule has 0 aliphatic carbocycles. The van der Waals surface area contributed by atoms with E-state index >= 15 is 0 Å². The molecule has 3 amide bonds. The average Bonchev–Trinajstić information content (AvgIpc) is 3.04. The molecule has 2 aromatic rings. The van der Waals surface area contributed by atoms with Crippen LogP contribution in [-0.4, -0.2) is 40.1 Å². The van der Waals surface area contributed by atoms with Gasteiger partial charge in [0.05, 0.1) is 0 Å².